The van der Waals surface area contributed by atoms with E-state index in [1.54, 1.807) is 6.20 Å². The minimum absolute atomic E-state index is 0.0223. The lowest BCUT2D eigenvalue weighted by Gasteiger charge is -2.11. The third kappa shape index (κ3) is 3.83. The van der Waals surface area contributed by atoms with Crippen molar-refractivity contribution in [3.63, 3.8) is 0 Å². The molecule has 0 fully saturated rings. The number of anilines is 1. The Kier molecular flexibility index (Phi) is 5.32. The van der Waals surface area contributed by atoms with E-state index in [0.29, 0.717) is 16.6 Å². The predicted octanol–water partition coefficient (Wildman–Crippen LogP) is 6.32. The van der Waals surface area contributed by atoms with Gasteiger partial charge in [-0.25, -0.2) is 9.97 Å². The second-order valence-electron chi connectivity index (χ2n) is 7.54. The molecule has 0 aliphatic heterocycles. The van der Waals surface area contributed by atoms with Crippen molar-refractivity contribution in [2.24, 2.45) is 0 Å². The van der Waals surface area contributed by atoms with E-state index in [-0.39, 0.29) is 12.0 Å². The molecule has 0 aliphatic carbocycles. The maximum Gasteiger partial charge on any atom is 0.277 e. The van der Waals surface area contributed by atoms with Gasteiger partial charge in [-0.15, -0.1) is 11.3 Å². The van der Waals surface area contributed by atoms with Gasteiger partial charge in [0.1, 0.15) is 17.0 Å². The minimum atomic E-state index is -0.270. The first kappa shape index (κ1) is 20.5. The van der Waals surface area contributed by atoms with E-state index in [0.717, 1.165) is 36.6 Å². The third-order valence-corrected chi connectivity index (χ3v) is 6.72. The van der Waals surface area contributed by atoms with Gasteiger partial charge in [0.05, 0.1) is 26.2 Å². The standard InChI is InChI=1S/C24H20N4O2S2/c1-13(2)30-17-12-18-20(16-10-7-11-25-19(16)17)27-24(32-18)28-23(29)21-22(31-14(3)26-21)15-8-5-4-6-9-15/h4-13H,1-3H3,(H,27,28,29). The number of nitrogens with zero attached hydrogens (tertiary/aromatic N) is 3. The molecule has 0 aliphatic rings. The molecule has 5 aromatic rings. The zero-order valence-corrected chi connectivity index (χ0v) is 19.4. The van der Waals surface area contributed by atoms with Crippen LogP contribution in [0, 0.1) is 6.92 Å². The monoisotopic (exact) mass is 460 g/mol. The maximum absolute atomic E-state index is 13.1. The summed E-state index contributed by atoms with van der Waals surface area (Å²) in [6, 6.07) is 15.6. The van der Waals surface area contributed by atoms with Crippen LogP contribution in [0.2, 0.25) is 0 Å². The number of fused-ring (bicyclic) bond motifs is 3. The van der Waals surface area contributed by atoms with E-state index < -0.39 is 0 Å². The van der Waals surface area contributed by atoms with Gasteiger partial charge in [-0.05, 0) is 38.5 Å². The van der Waals surface area contributed by atoms with Crippen LogP contribution in [0.25, 0.3) is 31.6 Å². The quantitative estimate of drug-likeness (QED) is 0.332. The number of amides is 1. The average molecular weight is 461 g/mol. The summed E-state index contributed by atoms with van der Waals surface area (Å²) < 4.78 is 6.91. The Balaban J connectivity index is 1.53. The van der Waals surface area contributed by atoms with Crippen LogP contribution in [-0.4, -0.2) is 27.0 Å². The van der Waals surface area contributed by atoms with Crippen molar-refractivity contribution in [2.75, 3.05) is 5.32 Å². The molecule has 6 nitrogen and oxygen atoms in total. The summed E-state index contributed by atoms with van der Waals surface area (Å²) in [6.45, 7) is 5.87. The highest BCUT2D eigenvalue weighted by Gasteiger charge is 2.21. The van der Waals surface area contributed by atoms with E-state index in [2.05, 4.69) is 15.3 Å². The van der Waals surface area contributed by atoms with Gasteiger partial charge in [-0.3, -0.25) is 15.1 Å². The molecular formula is C24H20N4O2S2. The zero-order valence-electron chi connectivity index (χ0n) is 17.7. The lowest BCUT2D eigenvalue weighted by molar-refractivity contribution is 0.102. The first-order valence-electron chi connectivity index (χ1n) is 10.2. The highest BCUT2D eigenvalue weighted by atomic mass is 32.1. The zero-order chi connectivity index (χ0) is 22.2. The van der Waals surface area contributed by atoms with E-state index in [4.69, 9.17) is 9.72 Å². The van der Waals surface area contributed by atoms with E-state index in [1.807, 2.05) is 69.3 Å². The van der Waals surface area contributed by atoms with Crippen LogP contribution in [0.4, 0.5) is 5.13 Å². The second-order valence-corrected chi connectivity index (χ2v) is 9.77. The Morgan fingerprint density at radius 1 is 1.03 bits per heavy atom. The Morgan fingerprint density at radius 3 is 2.62 bits per heavy atom. The molecule has 0 atom stereocenters. The van der Waals surface area contributed by atoms with Crippen LogP contribution >= 0.6 is 22.7 Å². The SMILES string of the molecule is Cc1nc(C(=O)Nc2nc3c(cc(OC(C)C)c4ncccc43)s2)c(-c2ccccc2)s1. The number of carbonyl (C=O) groups excluding carboxylic acids is 1. The Morgan fingerprint density at radius 2 is 1.84 bits per heavy atom. The minimum Gasteiger partial charge on any atom is -0.489 e. The number of rotatable bonds is 5. The lowest BCUT2D eigenvalue weighted by atomic mass is 10.1. The van der Waals surface area contributed by atoms with Crippen LogP contribution in [0.5, 0.6) is 5.75 Å². The first-order chi connectivity index (χ1) is 15.5. The van der Waals surface area contributed by atoms with E-state index in [1.165, 1.54) is 22.7 Å². The summed E-state index contributed by atoms with van der Waals surface area (Å²) in [5.74, 6) is 0.444. The summed E-state index contributed by atoms with van der Waals surface area (Å²) in [5, 5.41) is 5.20. The number of nitrogens with one attached hydrogen (secondary N) is 1. The maximum atomic E-state index is 13.1. The van der Waals surface area contributed by atoms with E-state index in [9.17, 15) is 4.79 Å². The number of carbonyl (C=O) groups is 1. The third-order valence-electron chi connectivity index (χ3n) is 4.78. The Labute approximate surface area is 192 Å². The van der Waals surface area contributed by atoms with E-state index >= 15 is 0 Å². The van der Waals surface area contributed by atoms with Crippen molar-refractivity contribution >= 4 is 54.8 Å². The molecule has 0 radical (unpaired) electrons. The molecule has 0 bridgehead atoms. The van der Waals surface area contributed by atoms with Crippen LogP contribution < -0.4 is 10.1 Å². The van der Waals surface area contributed by atoms with Crippen molar-refractivity contribution in [3.8, 4) is 16.2 Å². The van der Waals surface area contributed by atoms with Crippen molar-refractivity contribution in [1.29, 1.82) is 0 Å². The van der Waals surface area contributed by atoms with Crippen LogP contribution in [0.1, 0.15) is 29.3 Å². The largest absolute Gasteiger partial charge is 0.489 e. The molecule has 0 saturated heterocycles. The number of hydrogen-bond acceptors (Lipinski definition) is 7. The fourth-order valence-corrected chi connectivity index (χ4v) is 5.35. The topological polar surface area (TPSA) is 77.0 Å². The fraction of sp³-hybridized carbons (Fsp3) is 0.167. The molecule has 1 amide bonds. The lowest BCUT2D eigenvalue weighted by Crippen LogP contribution is -2.13. The van der Waals surface area contributed by atoms with Crippen LogP contribution in [-0.2, 0) is 0 Å². The number of thiazole rings is 2. The van der Waals surface area contributed by atoms with Gasteiger partial charge in [0.2, 0.25) is 0 Å². The summed E-state index contributed by atoms with van der Waals surface area (Å²) in [6.07, 6.45) is 1.76. The fourth-order valence-electron chi connectivity index (χ4n) is 3.52. The van der Waals surface area contributed by atoms with Gasteiger partial charge in [-0.1, -0.05) is 41.7 Å². The molecule has 0 spiro atoms. The number of hydrogen-bond donors (Lipinski definition) is 1. The molecule has 1 N–H and O–H groups in total. The Hall–Kier alpha value is -3.36. The van der Waals surface area contributed by atoms with Crippen molar-refractivity contribution in [3.05, 3.63) is 65.4 Å². The van der Waals surface area contributed by atoms with Crippen LogP contribution in [0.15, 0.2) is 54.7 Å². The normalized spacial score (nSPS) is 11.4. The molecule has 0 unspecified atom stereocenters. The van der Waals surface area contributed by atoms with Crippen molar-refractivity contribution < 1.29 is 9.53 Å². The molecule has 5 rings (SSSR count). The van der Waals surface area contributed by atoms with Gasteiger partial charge < -0.3 is 4.74 Å². The number of aromatic nitrogens is 3. The average Bonchev–Trinajstić information content (AvgIpc) is 3.37. The number of pyridine rings is 1. The number of ether oxygens (including phenoxy) is 1. The van der Waals surface area contributed by atoms with Crippen LogP contribution in [0.3, 0.4) is 0 Å². The summed E-state index contributed by atoms with van der Waals surface area (Å²) in [7, 11) is 0. The first-order valence-corrected chi connectivity index (χ1v) is 11.8. The summed E-state index contributed by atoms with van der Waals surface area (Å²) in [4.78, 5) is 27.7. The summed E-state index contributed by atoms with van der Waals surface area (Å²) >= 11 is 2.92. The predicted molar refractivity (Wildman–Crippen MR) is 131 cm³/mol. The molecule has 160 valence electrons. The highest BCUT2D eigenvalue weighted by molar-refractivity contribution is 7.22. The smallest absolute Gasteiger partial charge is 0.277 e. The molecular weight excluding hydrogens is 440 g/mol. The van der Waals surface area contributed by atoms with Gasteiger partial charge in [0, 0.05) is 17.6 Å². The molecule has 2 aromatic carbocycles. The highest BCUT2D eigenvalue weighted by Crippen LogP contribution is 2.37. The van der Waals surface area contributed by atoms with Gasteiger partial charge in [-0.2, -0.15) is 0 Å². The number of aryl methyl sites for hydroxylation is 1. The molecule has 8 heteroatoms. The number of benzene rings is 2. The van der Waals surface area contributed by atoms with Crippen molar-refractivity contribution in [2.45, 2.75) is 26.9 Å². The van der Waals surface area contributed by atoms with Crippen molar-refractivity contribution in [1.82, 2.24) is 15.0 Å². The van der Waals surface area contributed by atoms with Gasteiger partial charge in [0.15, 0.2) is 5.13 Å². The van der Waals surface area contributed by atoms with Gasteiger partial charge >= 0.3 is 0 Å². The molecule has 3 aromatic heterocycles. The molecule has 32 heavy (non-hydrogen) atoms. The summed E-state index contributed by atoms with van der Waals surface area (Å²) in [5.41, 5.74) is 2.94. The second kappa shape index (κ2) is 8.29. The molecule has 3 heterocycles. The van der Waals surface area contributed by atoms with Gasteiger partial charge in [0.25, 0.3) is 5.91 Å². The molecule has 0 saturated carbocycles. The Bertz CT molecular complexity index is 1440.